The fourth-order valence-corrected chi connectivity index (χ4v) is 3.27. The first-order valence-corrected chi connectivity index (χ1v) is 8.14. The minimum atomic E-state index is -0.00213. The van der Waals surface area contributed by atoms with Crippen LogP contribution in [0.1, 0.15) is 18.4 Å². The number of pyridine rings is 1. The van der Waals surface area contributed by atoms with Gasteiger partial charge in [-0.3, -0.25) is 4.79 Å². The normalized spacial score (nSPS) is 16.5. The number of rotatable bonds is 4. The van der Waals surface area contributed by atoms with Gasteiger partial charge in [0.2, 0.25) is 0 Å². The highest BCUT2D eigenvalue weighted by molar-refractivity contribution is 5.80. The quantitative estimate of drug-likeness (QED) is 0.931. The molecule has 1 fully saturated rings. The molecule has 1 aliphatic heterocycles. The molecule has 1 aromatic carbocycles. The van der Waals surface area contributed by atoms with E-state index in [-0.39, 0.29) is 5.56 Å². The summed E-state index contributed by atoms with van der Waals surface area (Å²) >= 11 is 0. The zero-order chi connectivity index (χ0) is 16.2. The van der Waals surface area contributed by atoms with Gasteiger partial charge in [-0.1, -0.05) is 6.07 Å². The van der Waals surface area contributed by atoms with E-state index in [0.29, 0.717) is 18.2 Å². The standard InChI is InChI=1S/C18H22N4O/c1-20-16-6-8-21(9-7-16)10-11-22-17-12-14(13-19)2-3-15(17)4-5-18(22)23/h2-5,12,16,20H,6-11H2,1H3. The molecular formula is C18H22N4O. The monoisotopic (exact) mass is 310 g/mol. The molecule has 0 saturated carbocycles. The number of likely N-dealkylation sites (tertiary alicyclic amines) is 1. The van der Waals surface area contributed by atoms with Crippen LogP contribution in [0.4, 0.5) is 0 Å². The number of hydrogen-bond acceptors (Lipinski definition) is 4. The number of nitriles is 1. The lowest BCUT2D eigenvalue weighted by molar-refractivity contribution is 0.195. The van der Waals surface area contributed by atoms with Gasteiger partial charge in [0.15, 0.2) is 0 Å². The first-order valence-electron chi connectivity index (χ1n) is 8.14. The number of nitrogens with one attached hydrogen (secondary N) is 1. The van der Waals surface area contributed by atoms with Crippen LogP contribution in [0, 0.1) is 11.3 Å². The van der Waals surface area contributed by atoms with Crippen LogP contribution in [0.15, 0.2) is 35.1 Å². The highest BCUT2D eigenvalue weighted by Crippen LogP contribution is 2.15. The van der Waals surface area contributed by atoms with Gasteiger partial charge in [0, 0.05) is 25.2 Å². The second-order valence-corrected chi connectivity index (χ2v) is 6.11. The van der Waals surface area contributed by atoms with E-state index in [2.05, 4.69) is 16.3 Å². The Morgan fingerprint density at radius 2 is 1.96 bits per heavy atom. The molecule has 0 aliphatic carbocycles. The second-order valence-electron chi connectivity index (χ2n) is 6.11. The van der Waals surface area contributed by atoms with E-state index in [1.165, 1.54) is 0 Å². The second kappa shape index (κ2) is 6.95. The number of hydrogen-bond donors (Lipinski definition) is 1. The van der Waals surface area contributed by atoms with Crippen molar-refractivity contribution in [3.8, 4) is 6.07 Å². The molecule has 5 nitrogen and oxygen atoms in total. The summed E-state index contributed by atoms with van der Waals surface area (Å²) in [5, 5.41) is 13.4. The molecule has 1 saturated heterocycles. The Morgan fingerprint density at radius 1 is 1.22 bits per heavy atom. The maximum Gasteiger partial charge on any atom is 0.251 e. The van der Waals surface area contributed by atoms with Crippen molar-refractivity contribution in [2.24, 2.45) is 0 Å². The molecule has 1 N–H and O–H groups in total. The van der Waals surface area contributed by atoms with E-state index in [4.69, 9.17) is 5.26 Å². The SMILES string of the molecule is CNC1CCN(CCn2c(=O)ccc3ccc(C#N)cc32)CC1. The average molecular weight is 310 g/mol. The Morgan fingerprint density at radius 3 is 2.65 bits per heavy atom. The Balaban J connectivity index is 1.78. The average Bonchev–Trinajstić information content (AvgIpc) is 2.61. The van der Waals surface area contributed by atoms with Gasteiger partial charge in [0.1, 0.15) is 0 Å². The summed E-state index contributed by atoms with van der Waals surface area (Å²) in [6.45, 7) is 3.66. The highest BCUT2D eigenvalue weighted by atomic mass is 16.1. The third kappa shape index (κ3) is 3.44. The van der Waals surface area contributed by atoms with E-state index in [9.17, 15) is 4.79 Å². The summed E-state index contributed by atoms with van der Waals surface area (Å²) in [7, 11) is 2.02. The van der Waals surface area contributed by atoms with Gasteiger partial charge in [0.05, 0.1) is 17.1 Å². The van der Waals surface area contributed by atoms with Gasteiger partial charge < -0.3 is 14.8 Å². The number of benzene rings is 1. The molecular weight excluding hydrogens is 288 g/mol. The predicted octanol–water partition coefficient (Wildman–Crippen LogP) is 1.56. The molecule has 1 aromatic heterocycles. The van der Waals surface area contributed by atoms with Crippen molar-refractivity contribution in [2.45, 2.75) is 25.4 Å². The van der Waals surface area contributed by atoms with Crippen molar-refractivity contribution in [1.82, 2.24) is 14.8 Å². The molecule has 1 aliphatic rings. The van der Waals surface area contributed by atoms with E-state index in [1.807, 2.05) is 25.2 Å². The van der Waals surface area contributed by atoms with Crippen molar-refractivity contribution in [2.75, 3.05) is 26.7 Å². The topological polar surface area (TPSA) is 61.1 Å². The zero-order valence-corrected chi connectivity index (χ0v) is 13.5. The third-order valence-electron chi connectivity index (χ3n) is 4.76. The van der Waals surface area contributed by atoms with Crippen LogP contribution in [0.3, 0.4) is 0 Å². The molecule has 120 valence electrons. The van der Waals surface area contributed by atoms with E-state index in [0.717, 1.165) is 43.4 Å². The molecule has 0 radical (unpaired) electrons. The molecule has 0 amide bonds. The van der Waals surface area contributed by atoms with E-state index < -0.39 is 0 Å². The van der Waals surface area contributed by atoms with Gasteiger partial charge >= 0.3 is 0 Å². The molecule has 0 atom stereocenters. The van der Waals surface area contributed by atoms with Crippen LogP contribution in [-0.2, 0) is 6.54 Å². The molecule has 2 aromatic rings. The lowest BCUT2D eigenvalue weighted by atomic mass is 10.1. The Hall–Kier alpha value is -2.16. The lowest BCUT2D eigenvalue weighted by Gasteiger charge is -2.31. The molecule has 3 rings (SSSR count). The van der Waals surface area contributed by atoms with Gasteiger partial charge in [-0.2, -0.15) is 5.26 Å². The summed E-state index contributed by atoms with van der Waals surface area (Å²) in [5.41, 5.74) is 1.44. The minimum Gasteiger partial charge on any atom is -0.317 e. The first kappa shape index (κ1) is 15.7. The predicted molar refractivity (Wildman–Crippen MR) is 91.4 cm³/mol. The minimum absolute atomic E-state index is 0.00213. The smallest absolute Gasteiger partial charge is 0.251 e. The van der Waals surface area contributed by atoms with Crippen LogP contribution in [0.5, 0.6) is 0 Å². The lowest BCUT2D eigenvalue weighted by Crippen LogP contribution is -2.42. The van der Waals surface area contributed by atoms with E-state index in [1.54, 1.807) is 16.7 Å². The zero-order valence-electron chi connectivity index (χ0n) is 13.5. The van der Waals surface area contributed by atoms with Gasteiger partial charge in [0.25, 0.3) is 5.56 Å². The Kier molecular flexibility index (Phi) is 4.75. The van der Waals surface area contributed by atoms with Crippen LogP contribution in [0.25, 0.3) is 10.9 Å². The fraction of sp³-hybridized carbons (Fsp3) is 0.444. The summed E-state index contributed by atoms with van der Waals surface area (Å²) < 4.78 is 1.79. The van der Waals surface area contributed by atoms with E-state index >= 15 is 0 Å². The summed E-state index contributed by atoms with van der Waals surface area (Å²) in [4.78, 5) is 14.7. The van der Waals surface area contributed by atoms with Crippen LogP contribution < -0.4 is 10.9 Å². The fourth-order valence-electron chi connectivity index (χ4n) is 3.27. The summed E-state index contributed by atoms with van der Waals surface area (Å²) in [6.07, 6.45) is 2.30. The summed E-state index contributed by atoms with van der Waals surface area (Å²) in [5.74, 6) is 0. The Labute approximate surface area is 136 Å². The van der Waals surface area contributed by atoms with Gasteiger partial charge in [-0.25, -0.2) is 0 Å². The maximum atomic E-state index is 12.3. The van der Waals surface area contributed by atoms with Crippen molar-refractivity contribution >= 4 is 10.9 Å². The van der Waals surface area contributed by atoms with Crippen molar-refractivity contribution < 1.29 is 0 Å². The Bertz CT molecular complexity index is 782. The molecule has 0 bridgehead atoms. The number of nitrogens with zero attached hydrogens (tertiary/aromatic N) is 3. The third-order valence-corrected chi connectivity index (χ3v) is 4.76. The first-order chi connectivity index (χ1) is 11.2. The van der Waals surface area contributed by atoms with Gasteiger partial charge in [-0.05, 0) is 56.6 Å². The number of fused-ring (bicyclic) bond motifs is 1. The molecule has 5 heteroatoms. The highest BCUT2D eigenvalue weighted by Gasteiger charge is 2.17. The number of aromatic nitrogens is 1. The van der Waals surface area contributed by atoms with Crippen molar-refractivity contribution in [3.63, 3.8) is 0 Å². The molecule has 0 spiro atoms. The molecule has 2 heterocycles. The van der Waals surface area contributed by atoms with Crippen molar-refractivity contribution in [3.05, 3.63) is 46.2 Å². The van der Waals surface area contributed by atoms with Crippen LogP contribution in [0.2, 0.25) is 0 Å². The van der Waals surface area contributed by atoms with Crippen LogP contribution in [-0.4, -0.2) is 42.2 Å². The van der Waals surface area contributed by atoms with Crippen molar-refractivity contribution in [1.29, 1.82) is 5.26 Å². The van der Waals surface area contributed by atoms with Crippen LogP contribution >= 0.6 is 0 Å². The van der Waals surface area contributed by atoms with Gasteiger partial charge in [-0.15, -0.1) is 0 Å². The molecule has 0 unspecified atom stereocenters. The maximum absolute atomic E-state index is 12.3. The number of piperidine rings is 1. The molecule has 23 heavy (non-hydrogen) atoms. The summed E-state index contributed by atoms with van der Waals surface area (Å²) in [6, 6.07) is 11.7. The largest absolute Gasteiger partial charge is 0.317 e.